The smallest absolute Gasteiger partial charge is 0.264 e. The maximum atomic E-state index is 12.0. The molecule has 4 nitrogen and oxygen atoms in total. The zero-order chi connectivity index (χ0) is 15.5. The number of benzene rings is 2. The zero-order valence-electron chi connectivity index (χ0n) is 11.3. The SMILES string of the molecule is O=C1NC(=Nc2ccccc2)SC1=Cc1cc(Cl)ccc1O. The number of phenols is 1. The molecule has 0 atom stereocenters. The van der Waals surface area contributed by atoms with E-state index in [1.165, 1.54) is 17.8 Å². The summed E-state index contributed by atoms with van der Waals surface area (Å²) in [6.07, 6.45) is 1.59. The number of nitrogens with one attached hydrogen (secondary N) is 1. The van der Waals surface area contributed by atoms with Gasteiger partial charge in [-0.05, 0) is 48.2 Å². The molecule has 1 aliphatic rings. The van der Waals surface area contributed by atoms with Crippen LogP contribution in [0.2, 0.25) is 5.02 Å². The normalized spacial score (nSPS) is 18.0. The lowest BCUT2D eigenvalue weighted by Gasteiger charge is -2.00. The van der Waals surface area contributed by atoms with Crippen LogP contribution in [0.5, 0.6) is 5.75 Å². The van der Waals surface area contributed by atoms with E-state index in [0.29, 0.717) is 20.7 Å². The highest BCUT2D eigenvalue weighted by atomic mass is 35.5. The first-order valence-electron chi connectivity index (χ1n) is 6.45. The van der Waals surface area contributed by atoms with Gasteiger partial charge in [-0.1, -0.05) is 29.8 Å². The maximum Gasteiger partial charge on any atom is 0.264 e. The molecule has 0 saturated carbocycles. The van der Waals surface area contributed by atoms with Gasteiger partial charge in [0.25, 0.3) is 5.91 Å². The standard InChI is InChI=1S/C16H11ClN2O2S/c17-11-6-7-13(20)10(8-11)9-14-15(21)19-16(22-14)18-12-4-2-1-3-5-12/h1-9,20H,(H,18,19,21). The molecule has 0 spiro atoms. The van der Waals surface area contributed by atoms with E-state index in [2.05, 4.69) is 10.3 Å². The fourth-order valence-corrected chi connectivity index (χ4v) is 2.90. The first-order valence-corrected chi connectivity index (χ1v) is 7.64. The number of hydrogen-bond acceptors (Lipinski definition) is 4. The van der Waals surface area contributed by atoms with Gasteiger partial charge in [0.15, 0.2) is 5.17 Å². The molecular formula is C16H11ClN2O2S. The summed E-state index contributed by atoms with van der Waals surface area (Å²) < 4.78 is 0. The third-order valence-electron chi connectivity index (χ3n) is 2.91. The van der Waals surface area contributed by atoms with Gasteiger partial charge < -0.3 is 10.4 Å². The van der Waals surface area contributed by atoms with Crippen molar-refractivity contribution in [1.82, 2.24) is 5.32 Å². The quantitative estimate of drug-likeness (QED) is 0.820. The van der Waals surface area contributed by atoms with Crippen LogP contribution in [-0.4, -0.2) is 16.2 Å². The number of nitrogens with zero attached hydrogens (tertiary/aromatic N) is 1. The van der Waals surface area contributed by atoms with Crippen molar-refractivity contribution in [2.75, 3.05) is 0 Å². The number of para-hydroxylation sites is 1. The highest BCUT2D eigenvalue weighted by Gasteiger charge is 2.24. The summed E-state index contributed by atoms with van der Waals surface area (Å²) in [6, 6.07) is 14.0. The number of rotatable bonds is 2. The van der Waals surface area contributed by atoms with E-state index in [4.69, 9.17) is 11.6 Å². The summed E-state index contributed by atoms with van der Waals surface area (Å²) in [5.74, 6) is -0.183. The van der Waals surface area contributed by atoms with E-state index < -0.39 is 0 Å². The van der Waals surface area contributed by atoms with Crippen LogP contribution in [0.4, 0.5) is 5.69 Å². The molecule has 1 aliphatic heterocycles. The van der Waals surface area contributed by atoms with Gasteiger partial charge in [-0.25, -0.2) is 4.99 Å². The van der Waals surface area contributed by atoms with Crippen molar-refractivity contribution in [3.8, 4) is 5.75 Å². The number of carbonyl (C=O) groups is 1. The number of hydrogen-bond donors (Lipinski definition) is 2. The number of phenolic OH excluding ortho intramolecular Hbond substituents is 1. The van der Waals surface area contributed by atoms with Gasteiger partial charge in [-0.15, -0.1) is 0 Å². The molecule has 2 aromatic carbocycles. The van der Waals surface area contributed by atoms with Gasteiger partial charge in [0, 0.05) is 10.6 Å². The molecule has 3 rings (SSSR count). The van der Waals surface area contributed by atoms with Crippen LogP contribution in [0, 0.1) is 0 Å². The number of amidine groups is 1. The Morgan fingerprint density at radius 3 is 2.73 bits per heavy atom. The molecule has 0 aliphatic carbocycles. The summed E-state index contributed by atoms with van der Waals surface area (Å²) in [5, 5.41) is 13.5. The molecule has 1 heterocycles. The van der Waals surface area contributed by atoms with Crippen LogP contribution < -0.4 is 5.32 Å². The van der Waals surface area contributed by atoms with Gasteiger partial charge in [0.2, 0.25) is 0 Å². The molecule has 110 valence electrons. The first kappa shape index (κ1) is 14.7. The van der Waals surface area contributed by atoms with Crippen molar-refractivity contribution in [3.63, 3.8) is 0 Å². The predicted octanol–water partition coefficient (Wildman–Crippen LogP) is 3.94. The van der Waals surface area contributed by atoms with Crippen LogP contribution in [0.1, 0.15) is 5.56 Å². The third kappa shape index (κ3) is 3.32. The minimum absolute atomic E-state index is 0.0683. The maximum absolute atomic E-state index is 12.0. The van der Waals surface area contributed by atoms with Gasteiger partial charge >= 0.3 is 0 Å². The molecule has 2 aromatic rings. The Morgan fingerprint density at radius 2 is 1.95 bits per heavy atom. The molecule has 0 bridgehead atoms. The fourth-order valence-electron chi connectivity index (χ4n) is 1.88. The number of carbonyl (C=O) groups excluding carboxylic acids is 1. The second-order valence-electron chi connectivity index (χ2n) is 4.52. The average molecular weight is 331 g/mol. The van der Waals surface area contributed by atoms with E-state index >= 15 is 0 Å². The van der Waals surface area contributed by atoms with Gasteiger partial charge in [-0.3, -0.25) is 4.79 Å². The molecule has 6 heteroatoms. The number of aromatic hydroxyl groups is 1. The Labute approximate surface area is 136 Å². The van der Waals surface area contributed by atoms with Crippen LogP contribution in [0.3, 0.4) is 0 Å². The zero-order valence-corrected chi connectivity index (χ0v) is 12.9. The third-order valence-corrected chi connectivity index (χ3v) is 4.06. The van der Waals surface area contributed by atoms with Gasteiger partial charge in [0.1, 0.15) is 5.75 Å². The molecule has 1 saturated heterocycles. The van der Waals surface area contributed by atoms with E-state index in [1.54, 1.807) is 18.2 Å². The van der Waals surface area contributed by atoms with Crippen molar-refractivity contribution < 1.29 is 9.90 Å². The Morgan fingerprint density at radius 1 is 1.18 bits per heavy atom. The summed E-state index contributed by atoms with van der Waals surface area (Å²) in [7, 11) is 0. The lowest BCUT2D eigenvalue weighted by molar-refractivity contribution is -0.115. The Bertz CT molecular complexity index is 788. The molecule has 1 fully saturated rings. The Hall–Kier alpha value is -2.24. The highest BCUT2D eigenvalue weighted by molar-refractivity contribution is 8.18. The number of aliphatic imine (C=N–C) groups is 1. The number of amides is 1. The van der Waals surface area contributed by atoms with E-state index in [9.17, 15) is 9.90 Å². The van der Waals surface area contributed by atoms with Crippen molar-refractivity contribution in [1.29, 1.82) is 0 Å². The van der Waals surface area contributed by atoms with Crippen molar-refractivity contribution in [3.05, 3.63) is 64.0 Å². The summed E-state index contributed by atoms with van der Waals surface area (Å²) in [4.78, 5) is 16.8. The van der Waals surface area contributed by atoms with Crippen LogP contribution >= 0.6 is 23.4 Å². The van der Waals surface area contributed by atoms with Crippen molar-refractivity contribution >= 4 is 46.2 Å². The molecule has 22 heavy (non-hydrogen) atoms. The molecule has 2 N–H and O–H groups in total. The van der Waals surface area contributed by atoms with Crippen molar-refractivity contribution in [2.45, 2.75) is 0 Å². The molecule has 0 aromatic heterocycles. The topological polar surface area (TPSA) is 61.7 Å². The molecular weight excluding hydrogens is 320 g/mol. The average Bonchev–Trinajstić information content (AvgIpc) is 2.84. The Balaban J connectivity index is 1.87. The second kappa shape index (κ2) is 6.25. The fraction of sp³-hybridized carbons (Fsp3) is 0. The number of halogens is 1. The number of thioether (sulfide) groups is 1. The summed E-state index contributed by atoms with van der Waals surface area (Å²) in [6.45, 7) is 0. The van der Waals surface area contributed by atoms with E-state index in [1.807, 2.05) is 30.3 Å². The summed E-state index contributed by atoms with van der Waals surface area (Å²) >= 11 is 7.12. The summed E-state index contributed by atoms with van der Waals surface area (Å²) in [5.41, 5.74) is 1.25. The van der Waals surface area contributed by atoms with Crippen LogP contribution in [0.25, 0.3) is 6.08 Å². The van der Waals surface area contributed by atoms with Crippen LogP contribution in [0.15, 0.2) is 58.4 Å². The molecule has 0 unspecified atom stereocenters. The second-order valence-corrected chi connectivity index (χ2v) is 5.99. The highest BCUT2D eigenvalue weighted by Crippen LogP contribution is 2.31. The van der Waals surface area contributed by atoms with Crippen molar-refractivity contribution in [2.24, 2.45) is 4.99 Å². The van der Waals surface area contributed by atoms with Crippen LogP contribution in [-0.2, 0) is 4.79 Å². The predicted molar refractivity (Wildman–Crippen MR) is 90.4 cm³/mol. The van der Waals surface area contributed by atoms with E-state index in [0.717, 1.165) is 5.69 Å². The first-order chi connectivity index (χ1) is 10.6. The van der Waals surface area contributed by atoms with Gasteiger partial charge in [-0.2, -0.15) is 0 Å². The molecule has 1 amide bonds. The monoisotopic (exact) mass is 330 g/mol. The lowest BCUT2D eigenvalue weighted by Crippen LogP contribution is -2.19. The van der Waals surface area contributed by atoms with E-state index in [-0.39, 0.29) is 11.7 Å². The Kier molecular flexibility index (Phi) is 4.18. The molecule has 0 radical (unpaired) electrons. The minimum Gasteiger partial charge on any atom is -0.507 e. The minimum atomic E-state index is -0.251. The largest absolute Gasteiger partial charge is 0.507 e. The van der Waals surface area contributed by atoms with Gasteiger partial charge in [0.05, 0.1) is 10.6 Å². The lowest BCUT2D eigenvalue weighted by atomic mass is 10.2.